The van der Waals surface area contributed by atoms with Crippen LogP contribution in [0, 0.1) is 13.8 Å². The maximum Gasteiger partial charge on any atom is 0.300 e. The number of ether oxygens (including phenoxy) is 1. The molecule has 1 aliphatic rings. The molecule has 0 spiro atoms. The fraction of sp³-hybridized carbons (Fsp3) is 0.185. The molecule has 1 unspecified atom stereocenters. The van der Waals surface area contributed by atoms with Gasteiger partial charge in [-0.2, -0.15) is 0 Å². The van der Waals surface area contributed by atoms with Gasteiger partial charge in [-0.05, 0) is 73.9 Å². The average molecular weight is 428 g/mol. The third-order valence-electron chi connectivity index (χ3n) is 5.65. The number of ketones is 1. The first kappa shape index (κ1) is 21.4. The summed E-state index contributed by atoms with van der Waals surface area (Å²) in [6.07, 6.45) is 0. The number of carbonyl (C=O) groups is 2. The number of rotatable bonds is 5. The zero-order valence-corrected chi connectivity index (χ0v) is 18.3. The van der Waals surface area contributed by atoms with Crippen LogP contribution in [-0.2, 0) is 9.59 Å². The monoisotopic (exact) mass is 427 g/mol. The van der Waals surface area contributed by atoms with Gasteiger partial charge >= 0.3 is 0 Å². The molecule has 0 radical (unpaired) electrons. The van der Waals surface area contributed by atoms with Gasteiger partial charge in [-0.25, -0.2) is 0 Å². The van der Waals surface area contributed by atoms with Crippen molar-refractivity contribution in [2.24, 2.45) is 0 Å². The summed E-state index contributed by atoms with van der Waals surface area (Å²) < 4.78 is 5.47. The quantitative estimate of drug-likeness (QED) is 0.340. The van der Waals surface area contributed by atoms with Crippen LogP contribution in [-0.4, -0.2) is 23.4 Å². The van der Waals surface area contributed by atoms with Gasteiger partial charge in [-0.1, -0.05) is 36.4 Å². The Morgan fingerprint density at radius 1 is 0.969 bits per heavy atom. The Balaban J connectivity index is 1.92. The van der Waals surface area contributed by atoms with Crippen molar-refractivity contribution in [3.63, 3.8) is 0 Å². The van der Waals surface area contributed by atoms with Crippen molar-refractivity contribution in [2.45, 2.75) is 26.8 Å². The van der Waals surface area contributed by atoms with Crippen LogP contribution in [0.3, 0.4) is 0 Å². The Morgan fingerprint density at radius 3 is 2.34 bits per heavy atom. The first-order valence-corrected chi connectivity index (χ1v) is 10.6. The molecule has 3 aromatic rings. The predicted molar refractivity (Wildman–Crippen MR) is 125 cm³/mol. The first-order chi connectivity index (χ1) is 15.4. The minimum Gasteiger partial charge on any atom is -0.507 e. The molecule has 0 saturated carbocycles. The van der Waals surface area contributed by atoms with E-state index in [0.717, 1.165) is 16.7 Å². The van der Waals surface area contributed by atoms with E-state index in [-0.39, 0.29) is 11.3 Å². The summed E-state index contributed by atoms with van der Waals surface area (Å²) in [6.45, 7) is 6.29. The highest BCUT2D eigenvalue weighted by molar-refractivity contribution is 6.51. The van der Waals surface area contributed by atoms with Crippen LogP contribution in [0.25, 0.3) is 5.76 Å². The van der Waals surface area contributed by atoms with E-state index in [4.69, 9.17) is 4.74 Å². The Bertz CT molecular complexity index is 1210. The Morgan fingerprint density at radius 2 is 1.69 bits per heavy atom. The lowest BCUT2D eigenvalue weighted by Gasteiger charge is -2.27. The third-order valence-corrected chi connectivity index (χ3v) is 5.65. The number of aryl methyl sites for hydroxylation is 2. The van der Waals surface area contributed by atoms with Crippen LogP contribution in [0.5, 0.6) is 5.75 Å². The Kier molecular flexibility index (Phi) is 5.82. The highest BCUT2D eigenvalue weighted by Gasteiger charge is 2.47. The molecule has 1 atom stereocenters. The molecule has 1 amide bonds. The number of Topliss-reactive ketones (excluding diaryl/α,β-unsaturated/α-hetero) is 1. The topological polar surface area (TPSA) is 66.8 Å². The zero-order valence-electron chi connectivity index (χ0n) is 18.3. The molecule has 1 N–H and O–H groups in total. The molecule has 1 aliphatic heterocycles. The molecule has 1 heterocycles. The number of hydrogen-bond acceptors (Lipinski definition) is 4. The van der Waals surface area contributed by atoms with E-state index in [1.54, 1.807) is 30.3 Å². The van der Waals surface area contributed by atoms with Crippen LogP contribution < -0.4 is 9.64 Å². The van der Waals surface area contributed by atoms with Crippen molar-refractivity contribution in [1.82, 2.24) is 0 Å². The SMILES string of the molecule is CCOc1ccc(/C(O)=C2\C(=O)C(=O)N(c3cccc(C)c3)C2c2ccccc2C)cc1. The molecule has 0 aliphatic carbocycles. The molecule has 5 heteroatoms. The smallest absolute Gasteiger partial charge is 0.300 e. The molecule has 3 aromatic carbocycles. The van der Waals surface area contributed by atoms with Crippen molar-refractivity contribution >= 4 is 23.1 Å². The molecule has 162 valence electrons. The van der Waals surface area contributed by atoms with E-state index >= 15 is 0 Å². The van der Waals surface area contributed by atoms with E-state index in [1.165, 1.54) is 4.90 Å². The second kappa shape index (κ2) is 8.71. The van der Waals surface area contributed by atoms with E-state index in [2.05, 4.69) is 0 Å². The van der Waals surface area contributed by atoms with Crippen LogP contribution in [0.4, 0.5) is 5.69 Å². The van der Waals surface area contributed by atoms with Crippen LogP contribution in [0.15, 0.2) is 78.4 Å². The number of carbonyl (C=O) groups excluding carboxylic acids is 2. The number of anilines is 1. The maximum absolute atomic E-state index is 13.2. The van der Waals surface area contributed by atoms with Crippen molar-refractivity contribution in [3.8, 4) is 5.75 Å². The number of aliphatic hydroxyl groups excluding tert-OH is 1. The van der Waals surface area contributed by atoms with Gasteiger partial charge in [0.15, 0.2) is 0 Å². The summed E-state index contributed by atoms with van der Waals surface area (Å²) in [5.74, 6) is -0.892. The summed E-state index contributed by atoms with van der Waals surface area (Å²) in [5.41, 5.74) is 3.84. The summed E-state index contributed by atoms with van der Waals surface area (Å²) in [4.78, 5) is 27.9. The van der Waals surface area contributed by atoms with Gasteiger partial charge in [0.2, 0.25) is 0 Å². The van der Waals surface area contributed by atoms with Gasteiger partial charge in [0, 0.05) is 11.3 Å². The number of benzene rings is 3. The predicted octanol–water partition coefficient (Wildman–Crippen LogP) is 5.33. The van der Waals surface area contributed by atoms with Gasteiger partial charge < -0.3 is 9.84 Å². The van der Waals surface area contributed by atoms with Gasteiger partial charge in [0.1, 0.15) is 11.5 Å². The van der Waals surface area contributed by atoms with E-state index < -0.39 is 17.7 Å². The highest BCUT2D eigenvalue weighted by atomic mass is 16.5. The summed E-state index contributed by atoms with van der Waals surface area (Å²) >= 11 is 0. The molecule has 0 aromatic heterocycles. The van der Waals surface area contributed by atoms with E-state index in [1.807, 2.05) is 63.2 Å². The number of amides is 1. The second-order valence-electron chi connectivity index (χ2n) is 7.82. The average Bonchev–Trinajstić information content (AvgIpc) is 3.05. The zero-order chi connectivity index (χ0) is 22.8. The number of nitrogens with zero attached hydrogens (tertiary/aromatic N) is 1. The highest BCUT2D eigenvalue weighted by Crippen LogP contribution is 2.43. The van der Waals surface area contributed by atoms with Crippen LogP contribution in [0.2, 0.25) is 0 Å². The molecular weight excluding hydrogens is 402 g/mol. The fourth-order valence-electron chi connectivity index (χ4n) is 4.10. The van der Waals surface area contributed by atoms with E-state index in [0.29, 0.717) is 23.6 Å². The fourth-order valence-corrected chi connectivity index (χ4v) is 4.10. The minimum absolute atomic E-state index is 0.0787. The molecular formula is C27H25NO4. The third kappa shape index (κ3) is 3.78. The van der Waals surface area contributed by atoms with Crippen molar-refractivity contribution in [3.05, 3.63) is 101 Å². The second-order valence-corrected chi connectivity index (χ2v) is 7.82. The Labute approximate surface area is 187 Å². The summed E-state index contributed by atoms with van der Waals surface area (Å²) in [7, 11) is 0. The van der Waals surface area contributed by atoms with Gasteiger partial charge in [0.25, 0.3) is 11.7 Å². The van der Waals surface area contributed by atoms with Gasteiger partial charge in [0.05, 0.1) is 18.2 Å². The van der Waals surface area contributed by atoms with Gasteiger partial charge in [-0.3, -0.25) is 14.5 Å². The molecule has 1 fully saturated rings. The van der Waals surface area contributed by atoms with E-state index in [9.17, 15) is 14.7 Å². The number of hydrogen-bond donors (Lipinski definition) is 1. The molecule has 1 saturated heterocycles. The summed E-state index contributed by atoms with van der Waals surface area (Å²) in [5, 5.41) is 11.2. The van der Waals surface area contributed by atoms with Crippen LogP contribution in [0.1, 0.15) is 35.2 Å². The molecule has 32 heavy (non-hydrogen) atoms. The maximum atomic E-state index is 13.2. The standard InChI is InChI=1S/C27H25NO4/c1-4-32-21-14-12-19(13-15-21)25(29)23-24(22-11-6-5-9-18(22)3)28(27(31)26(23)30)20-10-7-8-17(2)16-20/h5-16,24,29H,4H2,1-3H3/b25-23+. The van der Waals surface area contributed by atoms with Gasteiger partial charge in [-0.15, -0.1) is 0 Å². The van der Waals surface area contributed by atoms with Crippen LogP contribution >= 0.6 is 0 Å². The Hall–Kier alpha value is -3.86. The van der Waals surface area contributed by atoms with Crippen molar-refractivity contribution in [2.75, 3.05) is 11.5 Å². The number of aliphatic hydroxyl groups is 1. The minimum atomic E-state index is -0.732. The molecule has 0 bridgehead atoms. The summed E-state index contributed by atoms with van der Waals surface area (Å²) in [6, 6.07) is 21.2. The van der Waals surface area contributed by atoms with Crippen molar-refractivity contribution < 1.29 is 19.4 Å². The largest absolute Gasteiger partial charge is 0.507 e. The lowest BCUT2D eigenvalue weighted by atomic mass is 9.92. The molecule has 5 nitrogen and oxygen atoms in total. The lowest BCUT2D eigenvalue weighted by molar-refractivity contribution is -0.132. The van der Waals surface area contributed by atoms with Crippen molar-refractivity contribution in [1.29, 1.82) is 0 Å². The first-order valence-electron chi connectivity index (χ1n) is 10.6. The molecule has 4 rings (SSSR count). The normalized spacial score (nSPS) is 17.6. The lowest BCUT2D eigenvalue weighted by Crippen LogP contribution is -2.29.